The molecule has 1 aromatic carbocycles. The van der Waals surface area contributed by atoms with Crippen LogP contribution in [0.15, 0.2) is 36.4 Å². The summed E-state index contributed by atoms with van der Waals surface area (Å²) in [6.07, 6.45) is 9.88. The van der Waals surface area contributed by atoms with Crippen molar-refractivity contribution in [1.29, 1.82) is 0 Å². The van der Waals surface area contributed by atoms with E-state index in [0.29, 0.717) is 16.9 Å². The summed E-state index contributed by atoms with van der Waals surface area (Å²) < 4.78 is 0. The van der Waals surface area contributed by atoms with Crippen molar-refractivity contribution in [3.05, 3.63) is 47.5 Å². The second kappa shape index (κ2) is 7.59. The number of hydrogen-bond donors (Lipinski definition) is 3. The maximum atomic E-state index is 6.12. The van der Waals surface area contributed by atoms with Crippen molar-refractivity contribution in [1.82, 2.24) is 25.7 Å². The summed E-state index contributed by atoms with van der Waals surface area (Å²) in [5, 5.41) is 15.0. The number of anilines is 1. The van der Waals surface area contributed by atoms with Gasteiger partial charge in [-0.05, 0) is 91.9 Å². The van der Waals surface area contributed by atoms with E-state index in [1.165, 1.54) is 50.6 Å². The van der Waals surface area contributed by atoms with Gasteiger partial charge in [0, 0.05) is 12.5 Å². The van der Waals surface area contributed by atoms with E-state index < -0.39 is 0 Å². The van der Waals surface area contributed by atoms with Gasteiger partial charge in [0.05, 0.1) is 0 Å². The van der Waals surface area contributed by atoms with E-state index in [4.69, 9.17) is 5.73 Å². The van der Waals surface area contributed by atoms with Crippen LogP contribution >= 0.6 is 0 Å². The molecule has 6 heteroatoms. The second-order valence-electron chi connectivity index (χ2n) is 10.5. The van der Waals surface area contributed by atoms with Gasteiger partial charge in [-0.1, -0.05) is 35.5 Å². The molecular formula is C25H32N6. The van der Waals surface area contributed by atoms with Crippen molar-refractivity contribution >= 4 is 17.0 Å². The first-order valence-electron chi connectivity index (χ1n) is 11.9. The molecule has 2 heterocycles. The Labute approximate surface area is 183 Å². The van der Waals surface area contributed by atoms with Crippen LogP contribution in [-0.4, -0.2) is 33.5 Å². The van der Waals surface area contributed by atoms with E-state index in [1.54, 1.807) is 0 Å². The number of pyridine rings is 1. The van der Waals surface area contributed by atoms with Crippen molar-refractivity contribution in [3.63, 3.8) is 0 Å². The van der Waals surface area contributed by atoms with E-state index in [2.05, 4.69) is 56.0 Å². The fraction of sp³-hybridized carbons (Fsp3) is 0.560. The number of aromatic nitrogens is 4. The molecule has 2 aromatic heterocycles. The molecule has 1 unspecified atom stereocenters. The van der Waals surface area contributed by atoms with Gasteiger partial charge in [0.25, 0.3) is 0 Å². The van der Waals surface area contributed by atoms with Crippen molar-refractivity contribution in [2.75, 3.05) is 18.8 Å². The molecule has 0 aliphatic heterocycles. The van der Waals surface area contributed by atoms with E-state index >= 15 is 0 Å². The monoisotopic (exact) mass is 416 g/mol. The van der Waals surface area contributed by atoms with E-state index in [9.17, 15) is 0 Å². The average Bonchev–Trinajstić information content (AvgIpc) is 3.21. The first kappa shape index (κ1) is 19.2. The molecule has 4 N–H and O–H groups in total. The summed E-state index contributed by atoms with van der Waals surface area (Å²) in [5.41, 5.74) is 10.6. The first-order valence-corrected chi connectivity index (χ1v) is 11.9. The maximum Gasteiger partial charge on any atom is 0.178 e. The molecule has 6 nitrogen and oxygen atoms in total. The van der Waals surface area contributed by atoms with Gasteiger partial charge in [-0.2, -0.15) is 0 Å². The van der Waals surface area contributed by atoms with Gasteiger partial charge in [-0.3, -0.25) is 0 Å². The largest absolute Gasteiger partial charge is 0.384 e. The number of benzene rings is 1. The standard InChI is InChI=1S/C25H32N6/c26-22-11-21(23-24(28-22)30-31-29-23)20(19-4-2-1-3-5-19)6-7-27-15-25-12-16-8-17(13-25)10-18(9-16)14-25/h1-5,11,16-18,20,27H,6-10,12-15H2,(H3,26,28,29,30,31). The molecule has 4 bridgehead atoms. The Morgan fingerprint density at radius 3 is 2.48 bits per heavy atom. The molecule has 4 saturated carbocycles. The quantitative estimate of drug-likeness (QED) is 0.500. The van der Waals surface area contributed by atoms with Gasteiger partial charge in [-0.15, -0.1) is 5.10 Å². The lowest BCUT2D eigenvalue weighted by Crippen LogP contribution is -2.50. The van der Waals surface area contributed by atoms with Crippen molar-refractivity contribution in [2.24, 2.45) is 23.2 Å². The number of nitrogens with two attached hydrogens (primary N) is 1. The highest BCUT2D eigenvalue weighted by Gasteiger charge is 2.50. The molecular weight excluding hydrogens is 384 g/mol. The topological polar surface area (TPSA) is 92.5 Å². The Morgan fingerprint density at radius 1 is 1.06 bits per heavy atom. The van der Waals surface area contributed by atoms with Crippen molar-refractivity contribution in [3.8, 4) is 0 Å². The highest BCUT2D eigenvalue weighted by atomic mass is 15.3. The van der Waals surface area contributed by atoms with Crippen molar-refractivity contribution < 1.29 is 0 Å². The Bertz CT molecular complexity index is 1020. The highest BCUT2D eigenvalue weighted by Crippen LogP contribution is 2.59. The molecule has 7 rings (SSSR count). The van der Waals surface area contributed by atoms with Gasteiger partial charge < -0.3 is 11.1 Å². The van der Waals surface area contributed by atoms with Crippen LogP contribution in [0.3, 0.4) is 0 Å². The predicted molar refractivity (Wildman–Crippen MR) is 122 cm³/mol. The Morgan fingerprint density at radius 2 is 1.77 bits per heavy atom. The third kappa shape index (κ3) is 3.61. The number of fused-ring (bicyclic) bond motifs is 1. The smallest absolute Gasteiger partial charge is 0.178 e. The molecule has 0 spiro atoms. The Balaban J connectivity index is 1.20. The molecule has 1 atom stereocenters. The molecule has 4 aliphatic carbocycles. The van der Waals surface area contributed by atoms with Gasteiger partial charge in [0.15, 0.2) is 5.65 Å². The number of nitrogens with one attached hydrogen (secondary N) is 2. The number of rotatable bonds is 7. The number of nitrogens with zero attached hydrogens (tertiary/aromatic N) is 3. The molecule has 31 heavy (non-hydrogen) atoms. The third-order valence-corrected chi connectivity index (χ3v) is 8.20. The molecule has 0 amide bonds. The van der Waals surface area contributed by atoms with E-state index in [1.807, 2.05) is 6.07 Å². The number of aromatic amines is 1. The van der Waals surface area contributed by atoms with Crippen LogP contribution in [0.1, 0.15) is 62.0 Å². The fourth-order valence-electron chi connectivity index (χ4n) is 7.44. The van der Waals surface area contributed by atoms with E-state index in [-0.39, 0.29) is 5.92 Å². The van der Waals surface area contributed by atoms with Gasteiger partial charge in [0.2, 0.25) is 0 Å². The van der Waals surface area contributed by atoms with Gasteiger partial charge >= 0.3 is 0 Å². The van der Waals surface area contributed by atoms with E-state index in [0.717, 1.165) is 41.8 Å². The van der Waals surface area contributed by atoms with Crippen LogP contribution in [0.4, 0.5) is 5.82 Å². The lowest BCUT2D eigenvalue weighted by Gasteiger charge is -2.57. The number of nitrogen functional groups attached to an aromatic ring is 1. The normalized spacial score (nSPS) is 30.1. The van der Waals surface area contributed by atoms with Gasteiger partial charge in [0.1, 0.15) is 11.3 Å². The summed E-state index contributed by atoms with van der Waals surface area (Å²) in [4.78, 5) is 4.36. The first-order chi connectivity index (χ1) is 15.2. The van der Waals surface area contributed by atoms with Crippen LogP contribution < -0.4 is 11.1 Å². The highest BCUT2D eigenvalue weighted by molar-refractivity contribution is 5.77. The van der Waals surface area contributed by atoms with Crippen LogP contribution in [0, 0.1) is 23.2 Å². The lowest BCUT2D eigenvalue weighted by molar-refractivity contribution is -0.0512. The zero-order valence-electron chi connectivity index (χ0n) is 18.1. The second-order valence-corrected chi connectivity index (χ2v) is 10.5. The summed E-state index contributed by atoms with van der Waals surface area (Å²) in [6.45, 7) is 2.17. The molecule has 4 fully saturated rings. The third-order valence-electron chi connectivity index (χ3n) is 8.20. The molecule has 162 valence electrons. The minimum Gasteiger partial charge on any atom is -0.384 e. The minimum absolute atomic E-state index is 0.211. The SMILES string of the molecule is Nc1cc(C(CCNCC23CC4CC(CC(C4)C2)C3)c2ccccc2)c2nn[nH]c2n1. The summed E-state index contributed by atoms with van der Waals surface area (Å²) in [6, 6.07) is 12.7. The van der Waals surface area contributed by atoms with Crippen LogP contribution in [-0.2, 0) is 0 Å². The Hall–Kier alpha value is -2.47. The zero-order chi connectivity index (χ0) is 20.8. The van der Waals surface area contributed by atoms with Crippen LogP contribution in [0.5, 0.6) is 0 Å². The number of hydrogen-bond acceptors (Lipinski definition) is 5. The average molecular weight is 417 g/mol. The summed E-state index contributed by atoms with van der Waals surface area (Å²) in [7, 11) is 0. The molecule has 0 saturated heterocycles. The lowest BCUT2D eigenvalue weighted by atomic mass is 9.49. The maximum absolute atomic E-state index is 6.12. The Kier molecular flexibility index (Phi) is 4.71. The summed E-state index contributed by atoms with van der Waals surface area (Å²) >= 11 is 0. The molecule has 4 aliphatic rings. The predicted octanol–water partition coefficient (Wildman–Crippen LogP) is 4.26. The van der Waals surface area contributed by atoms with Gasteiger partial charge in [-0.25, -0.2) is 10.1 Å². The number of H-pyrrole nitrogens is 1. The minimum atomic E-state index is 0.211. The van der Waals surface area contributed by atoms with Crippen LogP contribution in [0.2, 0.25) is 0 Å². The van der Waals surface area contributed by atoms with Crippen molar-refractivity contribution in [2.45, 2.75) is 50.9 Å². The van der Waals surface area contributed by atoms with Crippen LogP contribution in [0.25, 0.3) is 11.2 Å². The fourth-order valence-corrected chi connectivity index (χ4v) is 7.44. The summed E-state index contributed by atoms with van der Waals surface area (Å²) in [5.74, 6) is 3.74. The molecule has 0 radical (unpaired) electrons. The zero-order valence-corrected chi connectivity index (χ0v) is 18.1. The molecule has 3 aromatic rings.